The van der Waals surface area contributed by atoms with Gasteiger partial charge in [0, 0.05) is 29.5 Å². The van der Waals surface area contributed by atoms with Crippen LogP contribution in [0.2, 0.25) is 0 Å². The highest BCUT2D eigenvalue weighted by molar-refractivity contribution is 9.09. The molecule has 3 nitrogen and oxygen atoms in total. The quantitative estimate of drug-likeness (QED) is 0.878. The SMILES string of the molecule is O=C(CCBr)Nc1cccc2ccncc12. The molecule has 2 rings (SSSR count). The molecule has 16 heavy (non-hydrogen) atoms. The van der Waals surface area contributed by atoms with Crippen LogP contribution in [-0.4, -0.2) is 16.2 Å². The van der Waals surface area contributed by atoms with E-state index in [-0.39, 0.29) is 5.91 Å². The Labute approximate surface area is 102 Å². The fourth-order valence-corrected chi connectivity index (χ4v) is 1.88. The topological polar surface area (TPSA) is 42.0 Å². The van der Waals surface area contributed by atoms with Gasteiger partial charge in [0.2, 0.25) is 5.91 Å². The van der Waals surface area contributed by atoms with E-state index >= 15 is 0 Å². The van der Waals surface area contributed by atoms with Gasteiger partial charge in [0.05, 0.1) is 5.69 Å². The number of amides is 1. The number of carbonyl (C=O) groups excluding carboxylic acids is 1. The average molecular weight is 279 g/mol. The lowest BCUT2D eigenvalue weighted by Crippen LogP contribution is -2.11. The molecule has 0 radical (unpaired) electrons. The van der Waals surface area contributed by atoms with Gasteiger partial charge in [-0.25, -0.2) is 0 Å². The Morgan fingerprint density at radius 2 is 2.25 bits per heavy atom. The van der Waals surface area contributed by atoms with Crippen LogP contribution in [-0.2, 0) is 4.79 Å². The van der Waals surface area contributed by atoms with Crippen LogP contribution in [0.3, 0.4) is 0 Å². The van der Waals surface area contributed by atoms with Crippen molar-refractivity contribution in [2.75, 3.05) is 10.6 Å². The number of nitrogens with zero attached hydrogens (tertiary/aromatic N) is 1. The van der Waals surface area contributed by atoms with Crippen molar-refractivity contribution in [2.24, 2.45) is 0 Å². The summed E-state index contributed by atoms with van der Waals surface area (Å²) in [5.41, 5.74) is 0.816. The van der Waals surface area contributed by atoms with Crippen molar-refractivity contribution in [2.45, 2.75) is 6.42 Å². The van der Waals surface area contributed by atoms with E-state index in [1.54, 1.807) is 12.4 Å². The molecule has 4 heteroatoms. The molecular formula is C12H11BrN2O. The number of hydrogen-bond acceptors (Lipinski definition) is 2. The third kappa shape index (κ3) is 2.39. The van der Waals surface area contributed by atoms with E-state index in [1.165, 1.54) is 0 Å². The molecule has 2 aromatic rings. The van der Waals surface area contributed by atoms with Crippen LogP contribution in [0.15, 0.2) is 36.7 Å². The highest BCUT2D eigenvalue weighted by Gasteiger charge is 2.04. The minimum absolute atomic E-state index is 0.00762. The molecule has 1 aromatic carbocycles. The average Bonchev–Trinajstić information content (AvgIpc) is 2.30. The van der Waals surface area contributed by atoms with Gasteiger partial charge in [0.1, 0.15) is 0 Å². The molecule has 0 spiro atoms. The number of hydrogen-bond donors (Lipinski definition) is 1. The predicted octanol–water partition coefficient (Wildman–Crippen LogP) is 2.96. The van der Waals surface area contributed by atoms with Gasteiger partial charge in [-0.3, -0.25) is 9.78 Å². The first-order valence-corrected chi connectivity index (χ1v) is 6.12. The van der Waals surface area contributed by atoms with E-state index in [9.17, 15) is 4.79 Å². The lowest BCUT2D eigenvalue weighted by atomic mass is 10.1. The first-order chi connectivity index (χ1) is 7.81. The second-order valence-corrected chi connectivity index (χ2v) is 4.18. The fourth-order valence-electron chi connectivity index (χ4n) is 1.52. The maximum Gasteiger partial charge on any atom is 0.225 e. The lowest BCUT2D eigenvalue weighted by Gasteiger charge is -2.07. The van der Waals surface area contributed by atoms with Gasteiger partial charge < -0.3 is 5.32 Å². The molecule has 0 saturated heterocycles. The summed E-state index contributed by atoms with van der Waals surface area (Å²) in [6.45, 7) is 0. The molecule has 0 saturated carbocycles. The van der Waals surface area contributed by atoms with E-state index in [1.807, 2.05) is 24.3 Å². The first-order valence-electron chi connectivity index (χ1n) is 5.00. The van der Waals surface area contributed by atoms with Gasteiger partial charge >= 0.3 is 0 Å². The highest BCUT2D eigenvalue weighted by Crippen LogP contribution is 2.22. The van der Waals surface area contributed by atoms with Gasteiger partial charge in [-0.05, 0) is 17.5 Å². The first kappa shape index (κ1) is 11.1. The molecule has 0 aliphatic rings. The Morgan fingerprint density at radius 1 is 1.38 bits per heavy atom. The predicted molar refractivity (Wildman–Crippen MR) is 68.8 cm³/mol. The zero-order chi connectivity index (χ0) is 11.4. The van der Waals surface area contributed by atoms with Crippen LogP contribution >= 0.6 is 15.9 Å². The minimum Gasteiger partial charge on any atom is -0.325 e. The van der Waals surface area contributed by atoms with Crippen molar-refractivity contribution in [1.29, 1.82) is 0 Å². The lowest BCUT2D eigenvalue weighted by molar-refractivity contribution is -0.115. The number of nitrogens with one attached hydrogen (secondary N) is 1. The molecule has 82 valence electrons. The number of alkyl halides is 1. The molecule has 0 unspecified atom stereocenters. The third-order valence-corrected chi connectivity index (χ3v) is 2.68. The molecule has 0 fully saturated rings. The smallest absolute Gasteiger partial charge is 0.225 e. The summed E-state index contributed by atoms with van der Waals surface area (Å²) in [6.07, 6.45) is 3.97. The Hall–Kier alpha value is -1.42. The number of benzene rings is 1. The molecule has 1 aromatic heterocycles. The Kier molecular flexibility index (Phi) is 3.51. The van der Waals surface area contributed by atoms with Crippen LogP contribution in [0, 0.1) is 0 Å². The maximum atomic E-state index is 11.5. The van der Waals surface area contributed by atoms with Crippen molar-refractivity contribution in [1.82, 2.24) is 4.98 Å². The van der Waals surface area contributed by atoms with Crippen molar-refractivity contribution in [3.8, 4) is 0 Å². The summed E-state index contributed by atoms with van der Waals surface area (Å²) in [5, 5.41) is 5.59. The van der Waals surface area contributed by atoms with Gasteiger partial charge in [0.15, 0.2) is 0 Å². The van der Waals surface area contributed by atoms with Gasteiger partial charge in [-0.1, -0.05) is 28.1 Å². The normalized spacial score (nSPS) is 10.3. The van der Waals surface area contributed by atoms with Crippen LogP contribution in [0.4, 0.5) is 5.69 Å². The van der Waals surface area contributed by atoms with Crippen molar-refractivity contribution < 1.29 is 4.79 Å². The minimum atomic E-state index is 0.00762. The van der Waals surface area contributed by atoms with Crippen molar-refractivity contribution in [3.63, 3.8) is 0 Å². The molecule has 1 amide bonds. The molecule has 1 N–H and O–H groups in total. The molecule has 0 aliphatic carbocycles. The number of aromatic nitrogens is 1. The number of carbonyl (C=O) groups is 1. The third-order valence-electron chi connectivity index (χ3n) is 2.28. The number of halogens is 1. The molecule has 1 heterocycles. The Morgan fingerprint density at radius 3 is 3.06 bits per heavy atom. The van der Waals surface area contributed by atoms with E-state index in [4.69, 9.17) is 0 Å². The number of pyridine rings is 1. The molecule has 0 atom stereocenters. The van der Waals surface area contributed by atoms with E-state index in [2.05, 4.69) is 26.2 Å². The summed E-state index contributed by atoms with van der Waals surface area (Å²) >= 11 is 3.24. The molecular weight excluding hydrogens is 268 g/mol. The Bertz CT molecular complexity index is 508. The molecule has 0 bridgehead atoms. The standard InChI is InChI=1S/C12H11BrN2O/c13-6-4-12(16)15-11-3-1-2-9-5-7-14-8-10(9)11/h1-3,5,7-8H,4,6H2,(H,15,16). The Balaban J connectivity index is 2.33. The molecule has 0 aliphatic heterocycles. The second-order valence-electron chi connectivity index (χ2n) is 3.39. The number of anilines is 1. The summed E-state index contributed by atoms with van der Waals surface area (Å²) in [5.74, 6) is 0.00762. The van der Waals surface area contributed by atoms with Gasteiger partial charge in [-0.15, -0.1) is 0 Å². The number of rotatable bonds is 3. The van der Waals surface area contributed by atoms with Crippen LogP contribution < -0.4 is 5.32 Å². The van der Waals surface area contributed by atoms with Crippen molar-refractivity contribution >= 4 is 38.3 Å². The van der Waals surface area contributed by atoms with E-state index < -0.39 is 0 Å². The summed E-state index contributed by atoms with van der Waals surface area (Å²) < 4.78 is 0. The largest absolute Gasteiger partial charge is 0.325 e. The summed E-state index contributed by atoms with van der Waals surface area (Å²) in [7, 11) is 0. The fraction of sp³-hybridized carbons (Fsp3) is 0.167. The van der Waals surface area contributed by atoms with Gasteiger partial charge in [-0.2, -0.15) is 0 Å². The monoisotopic (exact) mass is 278 g/mol. The van der Waals surface area contributed by atoms with Crippen molar-refractivity contribution in [3.05, 3.63) is 36.7 Å². The second kappa shape index (κ2) is 5.07. The summed E-state index contributed by atoms with van der Waals surface area (Å²) in [6, 6.07) is 7.73. The van der Waals surface area contributed by atoms with Crippen LogP contribution in [0.5, 0.6) is 0 Å². The van der Waals surface area contributed by atoms with Crippen LogP contribution in [0.1, 0.15) is 6.42 Å². The van der Waals surface area contributed by atoms with Crippen LogP contribution in [0.25, 0.3) is 10.8 Å². The van der Waals surface area contributed by atoms with Gasteiger partial charge in [0.25, 0.3) is 0 Å². The number of fused-ring (bicyclic) bond motifs is 1. The maximum absolute atomic E-state index is 11.5. The summed E-state index contributed by atoms with van der Waals surface area (Å²) in [4.78, 5) is 15.6. The van der Waals surface area contributed by atoms with E-state index in [0.717, 1.165) is 16.5 Å². The highest BCUT2D eigenvalue weighted by atomic mass is 79.9. The van der Waals surface area contributed by atoms with E-state index in [0.29, 0.717) is 11.8 Å². The zero-order valence-corrected chi connectivity index (χ0v) is 10.2. The zero-order valence-electron chi connectivity index (χ0n) is 8.61.